The molecule has 0 saturated carbocycles. The van der Waals surface area contributed by atoms with E-state index in [1.165, 1.54) is 11.1 Å². The van der Waals surface area contributed by atoms with Crippen LogP contribution in [0.3, 0.4) is 0 Å². The van der Waals surface area contributed by atoms with Crippen LogP contribution < -0.4 is 4.74 Å². The van der Waals surface area contributed by atoms with Gasteiger partial charge in [0.2, 0.25) is 0 Å². The van der Waals surface area contributed by atoms with Gasteiger partial charge in [-0.25, -0.2) is 0 Å². The highest BCUT2D eigenvalue weighted by Gasteiger charge is 2.37. The first-order valence-electron chi connectivity index (χ1n) is 9.10. The summed E-state index contributed by atoms with van der Waals surface area (Å²) in [4.78, 5) is 11.0. The molecule has 0 heterocycles. The van der Waals surface area contributed by atoms with E-state index in [0.717, 1.165) is 17.7 Å². The molecule has 138 valence electrons. The lowest BCUT2D eigenvalue weighted by Gasteiger charge is -2.20. The maximum absolute atomic E-state index is 11.0. The number of aliphatic carboxylic acids is 1. The van der Waals surface area contributed by atoms with Gasteiger partial charge in [-0.15, -0.1) is 0 Å². The molecule has 0 fully saturated rings. The molecule has 0 bridgehead atoms. The molecule has 2 aromatic rings. The quantitative estimate of drug-likeness (QED) is 0.757. The molecule has 2 atom stereocenters. The second-order valence-electron chi connectivity index (χ2n) is 7.39. The molecule has 0 spiro atoms. The van der Waals surface area contributed by atoms with E-state index in [0.29, 0.717) is 6.61 Å². The molecule has 0 aromatic heterocycles. The van der Waals surface area contributed by atoms with E-state index >= 15 is 0 Å². The summed E-state index contributed by atoms with van der Waals surface area (Å²) >= 11 is 0. The van der Waals surface area contributed by atoms with Gasteiger partial charge in [0.15, 0.2) is 0 Å². The van der Waals surface area contributed by atoms with Crippen LogP contribution >= 0.6 is 0 Å². The minimum absolute atomic E-state index is 0.0359. The number of fused-ring (bicyclic) bond motifs is 1. The zero-order chi connectivity index (χ0) is 18.7. The van der Waals surface area contributed by atoms with E-state index in [-0.39, 0.29) is 17.9 Å². The number of carboxylic acid groups (broad SMARTS) is 1. The van der Waals surface area contributed by atoms with Gasteiger partial charge in [-0.2, -0.15) is 0 Å². The molecular weight excluding hydrogens is 328 g/mol. The van der Waals surface area contributed by atoms with Gasteiger partial charge < -0.3 is 14.6 Å². The van der Waals surface area contributed by atoms with Crippen LogP contribution in [0, 0.1) is 0 Å². The summed E-state index contributed by atoms with van der Waals surface area (Å²) in [5.41, 5.74) is 3.55. The number of carboxylic acids is 1. The molecule has 1 aliphatic carbocycles. The molecular formula is C22H26O4. The van der Waals surface area contributed by atoms with Crippen LogP contribution in [0.2, 0.25) is 0 Å². The summed E-state index contributed by atoms with van der Waals surface area (Å²) in [6, 6.07) is 16.0. The number of benzene rings is 2. The Labute approximate surface area is 154 Å². The molecule has 1 N–H and O–H groups in total. The minimum Gasteiger partial charge on any atom is -0.486 e. The van der Waals surface area contributed by atoms with Crippen LogP contribution in [-0.2, 0) is 14.9 Å². The lowest BCUT2D eigenvalue weighted by Crippen LogP contribution is -2.13. The van der Waals surface area contributed by atoms with Gasteiger partial charge in [0.1, 0.15) is 11.9 Å². The Hall–Kier alpha value is -2.33. The van der Waals surface area contributed by atoms with E-state index in [2.05, 4.69) is 38.1 Å². The van der Waals surface area contributed by atoms with Gasteiger partial charge in [-0.3, -0.25) is 4.79 Å². The average Bonchev–Trinajstić information content (AvgIpc) is 2.86. The number of hydrogen-bond donors (Lipinski definition) is 1. The predicted molar refractivity (Wildman–Crippen MR) is 101 cm³/mol. The van der Waals surface area contributed by atoms with Crippen molar-refractivity contribution in [3.63, 3.8) is 0 Å². The van der Waals surface area contributed by atoms with Crippen molar-refractivity contribution in [2.75, 3.05) is 6.61 Å². The average molecular weight is 354 g/mol. The Bertz CT molecular complexity index is 764. The standard InChI is InChI=1S/C22H26O4/c1-4-25-19(13-21(23)24)15-9-11-16(12-10-15)26-20-14-22(2,3)18-8-6-5-7-17(18)20/h5-12,19-20H,4,13-14H2,1-3H3,(H,23,24). The lowest BCUT2D eigenvalue weighted by atomic mass is 9.87. The van der Waals surface area contributed by atoms with Gasteiger partial charge in [0.25, 0.3) is 0 Å². The zero-order valence-corrected chi connectivity index (χ0v) is 15.6. The minimum atomic E-state index is -0.867. The predicted octanol–water partition coefficient (Wildman–Crippen LogP) is 5.04. The normalized spacial score (nSPS) is 19.0. The molecule has 0 saturated heterocycles. The topological polar surface area (TPSA) is 55.8 Å². The van der Waals surface area contributed by atoms with Crippen LogP contribution in [0.5, 0.6) is 5.75 Å². The first-order chi connectivity index (χ1) is 12.4. The first kappa shape index (κ1) is 18.5. The van der Waals surface area contributed by atoms with Crippen molar-refractivity contribution in [3.8, 4) is 5.75 Å². The molecule has 4 heteroatoms. The number of ether oxygens (including phenoxy) is 2. The fraction of sp³-hybridized carbons (Fsp3) is 0.409. The lowest BCUT2D eigenvalue weighted by molar-refractivity contribution is -0.140. The first-order valence-corrected chi connectivity index (χ1v) is 9.10. The maximum atomic E-state index is 11.0. The third-order valence-corrected chi connectivity index (χ3v) is 4.99. The van der Waals surface area contributed by atoms with Gasteiger partial charge >= 0.3 is 5.97 Å². The van der Waals surface area contributed by atoms with Crippen molar-refractivity contribution < 1.29 is 19.4 Å². The fourth-order valence-corrected chi connectivity index (χ4v) is 3.74. The highest BCUT2D eigenvalue weighted by molar-refractivity contribution is 5.67. The molecule has 26 heavy (non-hydrogen) atoms. The van der Waals surface area contributed by atoms with Crippen molar-refractivity contribution >= 4 is 5.97 Å². The van der Waals surface area contributed by atoms with Gasteiger partial charge in [-0.1, -0.05) is 50.2 Å². The van der Waals surface area contributed by atoms with Crippen molar-refractivity contribution in [1.82, 2.24) is 0 Å². The van der Waals surface area contributed by atoms with Crippen LogP contribution in [0.1, 0.15) is 62.5 Å². The van der Waals surface area contributed by atoms with E-state index in [1.54, 1.807) is 0 Å². The van der Waals surface area contributed by atoms with Gasteiger partial charge in [0.05, 0.1) is 12.5 Å². The third kappa shape index (κ3) is 3.91. The van der Waals surface area contributed by atoms with E-state index < -0.39 is 12.1 Å². The van der Waals surface area contributed by atoms with Crippen molar-refractivity contribution in [2.45, 2.75) is 51.2 Å². The van der Waals surface area contributed by atoms with Crippen molar-refractivity contribution in [1.29, 1.82) is 0 Å². The Kier molecular flexibility index (Phi) is 5.33. The Balaban J connectivity index is 1.75. The molecule has 2 unspecified atom stereocenters. The summed E-state index contributed by atoms with van der Waals surface area (Å²) in [7, 11) is 0. The summed E-state index contributed by atoms with van der Waals surface area (Å²) in [6.45, 7) is 6.84. The SMILES string of the molecule is CCOC(CC(=O)O)c1ccc(OC2CC(C)(C)c3ccccc32)cc1. The number of rotatable bonds is 7. The zero-order valence-electron chi connectivity index (χ0n) is 15.6. The maximum Gasteiger partial charge on any atom is 0.306 e. The Morgan fingerprint density at radius 2 is 1.88 bits per heavy atom. The second kappa shape index (κ2) is 7.50. The van der Waals surface area contributed by atoms with Crippen LogP contribution in [-0.4, -0.2) is 17.7 Å². The molecule has 0 radical (unpaired) electrons. The fourth-order valence-electron chi connectivity index (χ4n) is 3.74. The molecule has 0 aliphatic heterocycles. The Morgan fingerprint density at radius 3 is 2.54 bits per heavy atom. The van der Waals surface area contributed by atoms with Crippen molar-refractivity contribution in [2.24, 2.45) is 0 Å². The summed E-state index contributed by atoms with van der Waals surface area (Å²) in [5, 5.41) is 9.05. The van der Waals surface area contributed by atoms with Gasteiger partial charge in [0, 0.05) is 6.61 Å². The molecule has 1 aliphatic rings. The van der Waals surface area contributed by atoms with Crippen molar-refractivity contribution in [3.05, 3.63) is 65.2 Å². The smallest absolute Gasteiger partial charge is 0.306 e. The van der Waals surface area contributed by atoms with Crippen LogP contribution in [0.25, 0.3) is 0 Å². The van der Waals surface area contributed by atoms with Crippen LogP contribution in [0.15, 0.2) is 48.5 Å². The second-order valence-corrected chi connectivity index (χ2v) is 7.39. The molecule has 0 amide bonds. The highest BCUT2D eigenvalue weighted by Crippen LogP contribution is 2.46. The van der Waals surface area contributed by atoms with E-state index in [9.17, 15) is 4.79 Å². The summed E-state index contributed by atoms with van der Waals surface area (Å²) in [5.74, 6) is -0.0783. The van der Waals surface area contributed by atoms with E-state index in [4.69, 9.17) is 14.6 Å². The molecule has 2 aromatic carbocycles. The molecule has 4 nitrogen and oxygen atoms in total. The molecule has 3 rings (SSSR count). The Morgan fingerprint density at radius 1 is 1.19 bits per heavy atom. The summed E-state index contributed by atoms with van der Waals surface area (Å²) in [6.07, 6.45) is 0.499. The van der Waals surface area contributed by atoms with E-state index in [1.807, 2.05) is 31.2 Å². The largest absolute Gasteiger partial charge is 0.486 e. The van der Waals surface area contributed by atoms with Crippen LogP contribution in [0.4, 0.5) is 0 Å². The number of carbonyl (C=O) groups is 1. The third-order valence-electron chi connectivity index (χ3n) is 4.99. The summed E-state index contributed by atoms with van der Waals surface area (Å²) < 4.78 is 11.8. The number of hydrogen-bond acceptors (Lipinski definition) is 3. The monoisotopic (exact) mass is 354 g/mol. The highest BCUT2D eigenvalue weighted by atomic mass is 16.5. The van der Waals surface area contributed by atoms with Gasteiger partial charge in [-0.05, 0) is 47.6 Å².